The number of nitrogens with zero attached hydrogens (tertiary/aromatic N) is 5. The summed E-state index contributed by atoms with van der Waals surface area (Å²) in [5, 5.41) is 10.9. The van der Waals surface area contributed by atoms with E-state index < -0.39 is 0 Å². The van der Waals surface area contributed by atoms with Crippen molar-refractivity contribution in [2.24, 2.45) is 0 Å². The van der Waals surface area contributed by atoms with Crippen LogP contribution in [-0.2, 0) is 0 Å². The summed E-state index contributed by atoms with van der Waals surface area (Å²) in [5.41, 5.74) is 7.54. The van der Waals surface area contributed by atoms with E-state index in [1.807, 2.05) is 13.0 Å². The molecular formula is C10H8N6O2. The normalized spacial score (nSPS) is 10.7. The van der Waals surface area contributed by atoms with Gasteiger partial charge in [-0.15, -0.1) is 0 Å². The van der Waals surface area contributed by atoms with E-state index in [1.54, 1.807) is 12.4 Å². The van der Waals surface area contributed by atoms with Gasteiger partial charge in [-0.1, -0.05) is 5.16 Å². The number of nitrogen functional groups attached to an aromatic ring is 1. The summed E-state index contributed by atoms with van der Waals surface area (Å²) < 4.78 is 9.54. The van der Waals surface area contributed by atoms with Crippen LogP contribution in [0.15, 0.2) is 27.6 Å². The van der Waals surface area contributed by atoms with Crippen molar-refractivity contribution in [3.63, 3.8) is 0 Å². The molecule has 0 atom stereocenters. The molecule has 0 spiro atoms. The molecule has 90 valence electrons. The van der Waals surface area contributed by atoms with Gasteiger partial charge in [0.15, 0.2) is 0 Å². The monoisotopic (exact) mass is 244 g/mol. The van der Waals surface area contributed by atoms with Crippen molar-refractivity contribution in [1.29, 1.82) is 0 Å². The Hall–Kier alpha value is -2.77. The van der Waals surface area contributed by atoms with Crippen LogP contribution >= 0.6 is 0 Å². The summed E-state index contributed by atoms with van der Waals surface area (Å²) in [6.07, 6.45) is 3.35. The first-order valence-electron chi connectivity index (χ1n) is 5.09. The van der Waals surface area contributed by atoms with E-state index in [0.717, 1.165) is 11.1 Å². The predicted octanol–water partition coefficient (Wildman–Crippen LogP) is 1.07. The number of anilines is 1. The molecule has 0 bridgehead atoms. The lowest BCUT2D eigenvalue weighted by atomic mass is 10.1. The molecule has 3 heterocycles. The van der Waals surface area contributed by atoms with E-state index in [-0.39, 0.29) is 17.4 Å². The molecule has 3 rings (SSSR count). The van der Waals surface area contributed by atoms with Gasteiger partial charge in [-0.3, -0.25) is 4.98 Å². The Morgan fingerprint density at radius 3 is 2.83 bits per heavy atom. The average Bonchev–Trinajstić information content (AvgIpc) is 2.98. The van der Waals surface area contributed by atoms with Gasteiger partial charge >= 0.3 is 0 Å². The highest BCUT2D eigenvalue weighted by Crippen LogP contribution is 2.24. The standard InChI is InChI=1S/C10H8N6O2/c1-5-2-3-12-4-6(5)9-13-10(17-16-9)7-8(11)15-18-14-7/h2-4H,1H3,(H2,11,15). The van der Waals surface area contributed by atoms with Gasteiger partial charge in [-0.2, -0.15) is 4.98 Å². The second-order valence-corrected chi connectivity index (χ2v) is 3.61. The molecule has 0 unspecified atom stereocenters. The van der Waals surface area contributed by atoms with Crippen molar-refractivity contribution < 1.29 is 9.15 Å². The van der Waals surface area contributed by atoms with Crippen LogP contribution in [0.4, 0.5) is 5.82 Å². The third-order valence-corrected chi connectivity index (χ3v) is 2.42. The Bertz CT molecular complexity index is 689. The number of hydrogen-bond donors (Lipinski definition) is 1. The summed E-state index contributed by atoms with van der Waals surface area (Å²) in [4.78, 5) is 8.20. The first-order valence-corrected chi connectivity index (χ1v) is 5.09. The topological polar surface area (TPSA) is 117 Å². The summed E-state index contributed by atoms with van der Waals surface area (Å²) in [5.74, 6) is 0.679. The van der Waals surface area contributed by atoms with Crippen molar-refractivity contribution >= 4 is 5.82 Å². The number of hydrogen-bond acceptors (Lipinski definition) is 8. The van der Waals surface area contributed by atoms with Gasteiger partial charge in [0.05, 0.1) is 0 Å². The maximum atomic E-state index is 5.54. The number of pyridine rings is 1. The third-order valence-electron chi connectivity index (χ3n) is 2.42. The van der Waals surface area contributed by atoms with Crippen LogP contribution in [0.3, 0.4) is 0 Å². The van der Waals surface area contributed by atoms with Gasteiger partial charge < -0.3 is 10.3 Å². The summed E-state index contributed by atoms with van der Waals surface area (Å²) >= 11 is 0. The minimum absolute atomic E-state index is 0.105. The highest BCUT2D eigenvalue weighted by molar-refractivity contribution is 5.64. The molecule has 8 nitrogen and oxygen atoms in total. The van der Waals surface area contributed by atoms with Crippen LogP contribution in [0.2, 0.25) is 0 Å². The molecule has 3 aromatic rings. The van der Waals surface area contributed by atoms with Crippen molar-refractivity contribution in [3.05, 3.63) is 24.0 Å². The molecule has 0 amide bonds. The Balaban J connectivity index is 2.05. The van der Waals surface area contributed by atoms with Crippen molar-refractivity contribution in [2.45, 2.75) is 6.92 Å². The molecule has 0 aliphatic carbocycles. The predicted molar refractivity (Wildman–Crippen MR) is 60.0 cm³/mol. The average molecular weight is 244 g/mol. The van der Waals surface area contributed by atoms with Crippen molar-refractivity contribution in [3.8, 4) is 23.0 Å². The smallest absolute Gasteiger partial charge is 0.284 e. The fourth-order valence-corrected chi connectivity index (χ4v) is 1.47. The Kier molecular flexibility index (Phi) is 2.26. The van der Waals surface area contributed by atoms with Gasteiger partial charge in [-0.25, -0.2) is 4.63 Å². The second-order valence-electron chi connectivity index (χ2n) is 3.61. The number of rotatable bonds is 2. The quantitative estimate of drug-likeness (QED) is 0.711. The fraction of sp³-hybridized carbons (Fsp3) is 0.100. The summed E-state index contributed by atoms with van der Waals surface area (Å²) in [6.45, 7) is 1.93. The number of nitrogens with two attached hydrogens (primary N) is 1. The maximum Gasteiger partial charge on any atom is 0.284 e. The number of aryl methyl sites for hydroxylation is 1. The number of aromatic nitrogens is 5. The molecule has 8 heteroatoms. The molecule has 18 heavy (non-hydrogen) atoms. The third kappa shape index (κ3) is 1.59. The second kappa shape index (κ2) is 3.91. The molecule has 0 saturated heterocycles. The van der Waals surface area contributed by atoms with Crippen LogP contribution in [0.5, 0.6) is 0 Å². The molecule has 0 aliphatic heterocycles. The molecule has 3 aromatic heterocycles. The van der Waals surface area contributed by atoms with E-state index in [1.165, 1.54) is 0 Å². The highest BCUT2D eigenvalue weighted by atomic mass is 16.6. The van der Waals surface area contributed by atoms with Crippen LogP contribution in [0, 0.1) is 6.92 Å². The van der Waals surface area contributed by atoms with Crippen LogP contribution in [-0.4, -0.2) is 25.4 Å². The first kappa shape index (κ1) is 10.4. The molecule has 0 radical (unpaired) electrons. The highest BCUT2D eigenvalue weighted by Gasteiger charge is 2.18. The summed E-state index contributed by atoms with van der Waals surface area (Å²) in [6, 6.07) is 1.86. The minimum Gasteiger partial charge on any atom is -0.379 e. The van der Waals surface area contributed by atoms with E-state index >= 15 is 0 Å². The van der Waals surface area contributed by atoms with E-state index in [9.17, 15) is 0 Å². The van der Waals surface area contributed by atoms with Gasteiger partial charge in [0.2, 0.25) is 17.3 Å². The van der Waals surface area contributed by atoms with Gasteiger partial charge in [0.25, 0.3) is 5.89 Å². The largest absolute Gasteiger partial charge is 0.379 e. The molecular weight excluding hydrogens is 236 g/mol. The van der Waals surface area contributed by atoms with Gasteiger partial charge in [0, 0.05) is 18.0 Å². The first-order chi connectivity index (χ1) is 8.75. The minimum atomic E-state index is 0.105. The molecule has 0 fully saturated rings. The van der Waals surface area contributed by atoms with E-state index in [0.29, 0.717) is 5.82 Å². The lowest BCUT2D eigenvalue weighted by molar-refractivity contribution is 0.308. The zero-order valence-electron chi connectivity index (χ0n) is 9.36. The zero-order valence-corrected chi connectivity index (χ0v) is 9.36. The SMILES string of the molecule is Cc1ccncc1-c1noc(-c2nonc2N)n1. The Morgan fingerprint density at radius 1 is 1.22 bits per heavy atom. The maximum absolute atomic E-state index is 5.54. The zero-order chi connectivity index (χ0) is 12.5. The summed E-state index contributed by atoms with van der Waals surface area (Å²) in [7, 11) is 0. The van der Waals surface area contributed by atoms with Crippen molar-refractivity contribution in [2.75, 3.05) is 5.73 Å². The molecule has 0 aliphatic rings. The lowest BCUT2D eigenvalue weighted by Crippen LogP contribution is -1.89. The molecule has 0 saturated carbocycles. The van der Waals surface area contributed by atoms with Gasteiger partial charge in [-0.05, 0) is 28.9 Å². The van der Waals surface area contributed by atoms with Crippen LogP contribution in [0.25, 0.3) is 23.0 Å². The van der Waals surface area contributed by atoms with Crippen LogP contribution < -0.4 is 5.73 Å². The van der Waals surface area contributed by atoms with E-state index in [4.69, 9.17) is 10.3 Å². The Labute approximate surface area is 101 Å². The van der Waals surface area contributed by atoms with Crippen molar-refractivity contribution in [1.82, 2.24) is 25.4 Å². The Morgan fingerprint density at radius 2 is 2.11 bits per heavy atom. The van der Waals surface area contributed by atoms with Gasteiger partial charge in [0.1, 0.15) is 0 Å². The lowest BCUT2D eigenvalue weighted by Gasteiger charge is -1.96. The van der Waals surface area contributed by atoms with E-state index in [2.05, 4.69) is 30.1 Å². The molecule has 0 aromatic carbocycles. The fourth-order valence-electron chi connectivity index (χ4n) is 1.47. The molecule has 2 N–H and O–H groups in total. The van der Waals surface area contributed by atoms with Crippen LogP contribution in [0.1, 0.15) is 5.56 Å².